The second-order valence-corrected chi connectivity index (χ2v) is 7.24. The second-order valence-electron chi connectivity index (χ2n) is 5.97. The van der Waals surface area contributed by atoms with E-state index in [2.05, 4.69) is 26.2 Å². The van der Waals surface area contributed by atoms with Crippen molar-refractivity contribution in [2.24, 2.45) is 0 Å². The maximum atomic E-state index is 12.5. The Labute approximate surface area is 152 Å². The van der Waals surface area contributed by atoms with E-state index in [1.165, 1.54) is 10.9 Å². The number of hydrogen-bond acceptors (Lipinski definition) is 5. The zero-order valence-corrected chi connectivity index (χ0v) is 15.2. The van der Waals surface area contributed by atoms with Crippen molar-refractivity contribution in [3.63, 3.8) is 0 Å². The minimum absolute atomic E-state index is 0.0691. The molecule has 2 atom stereocenters. The predicted molar refractivity (Wildman–Crippen MR) is 95.4 cm³/mol. The highest BCUT2D eigenvalue weighted by Gasteiger charge is 2.25. The van der Waals surface area contributed by atoms with Crippen LogP contribution in [-0.2, 0) is 11.3 Å². The summed E-state index contributed by atoms with van der Waals surface area (Å²) in [6.45, 7) is 0.722. The minimum Gasteiger partial charge on any atom is -0.391 e. The highest BCUT2D eigenvalue weighted by atomic mass is 79.9. The molecule has 1 saturated heterocycles. The number of fused-ring (bicyclic) bond motifs is 1. The standard InChI is InChI=1S/C16H17BrClN3O3/c17-11-6-13-10(5-12(11)18)16(24)21(8-20-13)7-9(22)4-14-15(23)2-1-3-19-14/h5-6,8,14-15,19,23H,1-4,7H2/t14-,15+/m1/s1. The summed E-state index contributed by atoms with van der Waals surface area (Å²) in [4.78, 5) is 29.0. The van der Waals surface area contributed by atoms with Gasteiger partial charge in [-0.25, -0.2) is 4.98 Å². The van der Waals surface area contributed by atoms with Crippen LogP contribution in [0.15, 0.2) is 27.7 Å². The summed E-state index contributed by atoms with van der Waals surface area (Å²) in [7, 11) is 0. The van der Waals surface area contributed by atoms with Crippen LogP contribution in [0.5, 0.6) is 0 Å². The predicted octanol–water partition coefficient (Wildman–Crippen LogP) is 1.88. The van der Waals surface area contributed by atoms with Crippen molar-refractivity contribution in [2.45, 2.75) is 38.0 Å². The SMILES string of the molecule is O=C(C[C@H]1NCCC[C@@H]1O)Cn1cnc2cc(Br)c(Cl)cc2c1=O. The van der Waals surface area contributed by atoms with Gasteiger partial charge in [0.2, 0.25) is 0 Å². The zero-order valence-electron chi connectivity index (χ0n) is 12.8. The van der Waals surface area contributed by atoms with E-state index in [1.807, 2.05) is 0 Å². The van der Waals surface area contributed by atoms with Gasteiger partial charge < -0.3 is 10.4 Å². The molecule has 3 rings (SSSR count). The molecule has 1 fully saturated rings. The molecular formula is C16H17BrClN3O3. The average molecular weight is 415 g/mol. The molecule has 1 aromatic heterocycles. The van der Waals surface area contributed by atoms with Gasteiger partial charge in [-0.2, -0.15) is 0 Å². The van der Waals surface area contributed by atoms with Crippen LogP contribution in [0.3, 0.4) is 0 Å². The van der Waals surface area contributed by atoms with E-state index in [0.717, 1.165) is 13.0 Å². The summed E-state index contributed by atoms with van der Waals surface area (Å²) < 4.78 is 1.94. The van der Waals surface area contributed by atoms with Crippen LogP contribution in [-0.4, -0.2) is 39.1 Å². The number of halogens is 2. The summed E-state index contributed by atoms with van der Waals surface area (Å²) in [6, 6.07) is 2.97. The fourth-order valence-corrected chi connectivity index (χ4v) is 3.40. The smallest absolute Gasteiger partial charge is 0.261 e. The number of rotatable bonds is 4. The Morgan fingerprint density at radius 3 is 3.04 bits per heavy atom. The molecule has 2 heterocycles. The van der Waals surface area contributed by atoms with Crippen molar-refractivity contribution in [3.8, 4) is 0 Å². The van der Waals surface area contributed by atoms with Crippen molar-refractivity contribution < 1.29 is 9.90 Å². The van der Waals surface area contributed by atoms with Crippen molar-refractivity contribution in [2.75, 3.05) is 6.54 Å². The molecule has 1 aliphatic heterocycles. The first-order valence-electron chi connectivity index (χ1n) is 7.73. The van der Waals surface area contributed by atoms with E-state index in [-0.39, 0.29) is 30.3 Å². The normalized spacial score (nSPS) is 21.1. The van der Waals surface area contributed by atoms with Gasteiger partial charge in [0.05, 0.1) is 34.9 Å². The van der Waals surface area contributed by atoms with Gasteiger partial charge in [0, 0.05) is 16.9 Å². The first-order chi connectivity index (χ1) is 11.5. The van der Waals surface area contributed by atoms with Crippen molar-refractivity contribution in [3.05, 3.63) is 38.3 Å². The Balaban J connectivity index is 1.79. The number of ketones is 1. The molecule has 0 unspecified atom stereocenters. The van der Waals surface area contributed by atoms with Crippen molar-refractivity contribution in [1.82, 2.24) is 14.9 Å². The fraction of sp³-hybridized carbons (Fsp3) is 0.438. The molecule has 2 aromatic rings. The number of nitrogens with one attached hydrogen (secondary N) is 1. The maximum Gasteiger partial charge on any atom is 0.261 e. The molecule has 0 aliphatic carbocycles. The minimum atomic E-state index is -0.523. The fourth-order valence-electron chi connectivity index (χ4n) is 2.91. The Hall–Kier alpha value is -1.28. The summed E-state index contributed by atoms with van der Waals surface area (Å²) in [5.41, 5.74) is 0.212. The number of aliphatic hydroxyl groups excluding tert-OH is 1. The number of carbonyl (C=O) groups excluding carboxylic acids is 1. The number of aromatic nitrogens is 2. The van der Waals surface area contributed by atoms with Gasteiger partial charge in [-0.3, -0.25) is 14.2 Å². The Morgan fingerprint density at radius 2 is 2.29 bits per heavy atom. The highest BCUT2D eigenvalue weighted by Crippen LogP contribution is 2.25. The highest BCUT2D eigenvalue weighted by molar-refractivity contribution is 9.10. The van der Waals surface area contributed by atoms with E-state index >= 15 is 0 Å². The van der Waals surface area contributed by atoms with Gasteiger partial charge in [-0.05, 0) is 47.4 Å². The van der Waals surface area contributed by atoms with Gasteiger partial charge >= 0.3 is 0 Å². The van der Waals surface area contributed by atoms with Crippen LogP contribution in [0.2, 0.25) is 5.02 Å². The molecule has 128 valence electrons. The van der Waals surface area contributed by atoms with Gasteiger partial charge in [-0.1, -0.05) is 11.6 Å². The third-order valence-electron chi connectivity index (χ3n) is 4.21. The lowest BCUT2D eigenvalue weighted by molar-refractivity contribution is -0.121. The molecule has 8 heteroatoms. The average Bonchev–Trinajstić information content (AvgIpc) is 2.54. The van der Waals surface area contributed by atoms with Crippen LogP contribution < -0.4 is 10.9 Å². The van der Waals surface area contributed by atoms with E-state index in [4.69, 9.17) is 11.6 Å². The van der Waals surface area contributed by atoms with Gasteiger partial charge in [0.1, 0.15) is 0 Å². The number of nitrogens with zero attached hydrogens (tertiary/aromatic N) is 2. The molecule has 24 heavy (non-hydrogen) atoms. The maximum absolute atomic E-state index is 12.5. The molecule has 0 bridgehead atoms. The number of carbonyl (C=O) groups is 1. The Morgan fingerprint density at radius 1 is 1.50 bits per heavy atom. The Bertz CT molecular complexity index is 839. The lowest BCUT2D eigenvalue weighted by atomic mass is 9.97. The van der Waals surface area contributed by atoms with E-state index in [1.54, 1.807) is 12.1 Å². The lowest BCUT2D eigenvalue weighted by Crippen LogP contribution is -2.46. The molecule has 1 aromatic carbocycles. The molecule has 0 radical (unpaired) electrons. The van der Waals surface area contributed by atoms with Gasteiger partial charge in [0.25, 0.3) is 5.56 Å². The lowest BCUT2D eigenvalue weighted by Gasteiger charge is -2.28. The summed E-state index contributed by atoms with van der Waals surface area (Å²) in [5.74, 6) is -0.125. The van der Waals surface area contributed by atoms with Gasteiger partial charge in [-0.15, -0.1) is 0 Å². The summed E-state index contributed by atoms with van der Waals surface area (Å²) >= 11 is 9.33. The number of piperidine rings is 1. The monoisotopic (exact) mass is 413 g/mol. The first-order valence-corrected chi connectivity index (χ1v) is 8.90. The van der Waals surface area contributed by atoms with E-state index in [9.17, 15) is 14.7 Å². The quantitative estimate of drug-likeness (QED) is 0.798. The zero-order chi connectivity index (χ0) is 17.3. The first kappa shape index (κ1) is 17.5. The molecule has 0 amide bonds. The third-order valence-corrected chi connectivity index (χ3v) is 5.41. The molecule has 0 spiro atoms. The number of benzene rings is 1. The number of hydrogen-bond donors (Lipinski definition) is 2. The van der Waals surface area contributed by atoms with E-state index in [0.29, 0.717) is 26.8 Å². The third kappa shape index (κ3) is 3.69. The molecule has 1 aliphatic rings. The van der Waals surface area contributed by atoms with Crippen LogP contribution in [0.1, 0.15) is 19.3 Å². The Kier molecular flexibility index (Phi) is 5.34. The second kappa shape index (κ2) is 7.31. The molecule has 6 nitrogen and oxygen atoms in total. The van der Waals surface area contributed by atoms with Gasteiger partial charge in [0.15, 0.2) is 5.78 Å². The van der Waals surface area contributed by atoms with Crippen LogP contribution in [0, 0.1) is 0 Å². The van der Waals surface area contributed by atoms with Crippen molar-refractivity contribution in [1.29, 1.82) is 0 Å². The summed E-state index contributed by atoms with van der Waals surface area (Å²) in [5, 5.41) is 13.9. The largest absolute Gasteiger partial charge is 0.391 e. The number of aliphatic hydroxyl groups is 1. The topological polar surface area (TPSA) is 84.2 Å². The van der Waals surface area contributed by atoms with E-state index < -0.39 is 6.10 Å². The molecule has 2 N–H and O–H groups in total. The number of Topliss-reactive ketones (excluding diaryl/α,β-unsaturated/α-hetero) is 1. The van der Waals surface area contributed by atoms with Crippen molar-refractivity contribution >= 4 is 44.2 Å². The molecular weight excluding hydrogens is 398 g/mol. The summed E-state index contributed by atoms with van der Waals surface area (Å²) in [6.07, 6.45) is 2.62. The van der Waals surface area contributed by atoms with Crippen LogP contribution >= 0.6 is 27.5 Å². The van der Waals surface area contributed by atoms with Crippen LogP contribution in [0.25, 0.3) is 10.9 Å². The van der Waals surface area contributed by atoms with Crippen LogP contribution in [0.4, 0.5) is 0 Å². The molecule has 0 saturated carbocycles.